The summed E-state index contributed by atoms with van der Waals surface area (Å²) < 4.78 is 34.6. The van der Waals surface area contributed by atoms with Gasteiger partial charge in [-0.3, -0.25) is 4.79 Å². The quantitative estimate of drug-likeness (QED) is 0.187. The number of fused-ring (bicyclic) bond motifs is 4. The molecule has 5 aromatic rings. The molecule has 5 aromatic carbocycles. The van der Waals surface area contributed by atoms with Crippen molar-refractivity contribution in [2.24, 2.45) is 0 Å². The summed E-state index contributed by atoms with van der Waals surface area (Å²) in [6, 6.07) is 40.4. The van der Waals surface area contributed by atoms with Gasteiger partial charge in [0.15, 0.2) is 5.60 Å². The summed E-state index contributed by atoms with van der Waals surface area (Å²) in [5, 5.41) is 0. The summed E-state index contributed by atoms with van der Waals surface area (Å²) in [7, 11) is 0. The van der Waals surface area contributed by atoms with Gasteiger partial charge in [-0.25, -0.2) is 0 Å². The van der Waals surface area contributed by atoms with E-state index in [0.717, 1.165) is 61.4 Å². The molecule has 1 aliphatic carbocycles. The number of Topliss-reactive ketones (excluding diaryl/α,β-unsaturated/α-hetero) is 1. The molecule has 0 bridgehead atoms. The third-order valence-corrected chi connectivity index (χ3v) is 11.2. The lowest BCUT2D eigenvalue weighted by Crippen LogP contribution is -2.54. The maximum atomic E-state index is 14.9. The lowest BCUT2D eigenvalue weighted by Gasteiger charge is -2.49. The highest BCUT2D eigenvalue weighted by Crippen LogP contribution is 2.58. The van der Waals surface area contributed by atoms with Gasteiger partial charge in [-0.05, 0) is 61.9 Å². The number of carbonyl (C=O) groups excluding carboxylic acids is 1. The van der Waals surface area contributed by atoms with Crippen molar-refractivity contribution in [3.05, 3.63) is 188 Å². The molecule has 0 radical (unpaired) electrons. The predicted molar refractivity (Wildman–Crippen MR) is 198 cm³/mol. The van der Waals surface area contributed by atoms with Crippen molar-refractivity contribution in [3.63, 3.8) is 0 Å². The normalized spacial score (nSPS) is 25.0. The minimum atomic E-state index is -1.34. The molecular weight excluding hydrogens is 649 g/mol. The number of ketones is 1. The van der Waals surface area contributed by atoms with Crippen LogP contribution >= 0.6 is 0 Å². The molecule has 0 saturated carbocycles. The van der Waals surface area contributed by atoms with Gasteiger partial charge in [0.05, 0.1) is 5.57 Å². The van der Waals surface area contributed by atoms with Gasteiger partial charge in [0.25, 0.3) is 0 Å². The van der Waals surface area contributed by atoms with E-state index < -0.39 is 30.4 Å². The van der Waals surface area contributed by atoms with E-state index in [9.17, 15) is 4.79 Å². The summed E-state index contributed by atoms with van der Waals surface area (Å²) in [6.45, 7) is 7.99. The first-order valence-corrected chi connectivity index (χ1v) is 18.0. The van der Waals surface area contributed by atoms with Crippen LogP contribution in [0.1, 0.15) is 89.6 Å². The molecule has 52 heavy (non-hydrogen) atoms. The second-order valence-corrected chi connectivity index (χ2v) is 14.1. The molecule has 0 amide bonds. The molecule has 0 saturated heterocycles. The highest BCUT2D eigenvalue weighted by atomic mass is 16.7. The first-order valence-electron chi connectivity index (χ1n) is 18.0. The number of benzene rings is 5. The molecule has 0 aromatic heterocycles. The maximum absolute atomic E-state index is 14.9. The second kappa shape index (κ2) is 12.7. The van der Waals surface area contributed by atoms with Crippen molar-refractivity contribution < 1.29 is 28.5 Å². The molecule has 0 N–H and O–H groups in total. The standard InChI is InChI=1S/C46H40O6/c1-27-28(2)39-36(41(31-17-9-5-10-18-31)50-44(48-39)33-21-13-7-14-22-33)35-25-26-46(52-38(27)35)37-40(29(3)30(4)43(46)47)49-45(34-23-15-8-16-24-34)51-42(37)32-19-11-6-12-20-32/h5-24,41-42,44-45H,25-26H2,1-4H3/t41-,42-,44-,45-,46-/m1/s1. The van der Waals surface area contributed by atoms with Crippen molar-refractivity contribution in [2.75, 3.05) is 0 Å². The van der Waals surface area contributed by atoms with E-state index in [1.807, 2.05) is 123 Å². The fourth-order valence-corrected chi connectivity index (χ4v) is 8.27. The van der Waals surface area contributed by atoms with E-state index in [2.05, 4.69) is 26.0 Å². The molecule has 5 atom stereocenters. The van der Waals surface area contributed by atoms with Crippen molar-refractivity contribution in [1.29, 1.82) is 0 Å². The van der Waals surface area contributed by atoms with Gasteiger partial charge in [0.1, 0.15) is 29.5 Å². The van der Waals surface area contributed by atoms with Crippen LogP contribution in [0.15, 0.2) is 144 Å². The monoisotopic (exact) mass is 688 g/mol. The van der Waals surface area contributed by atoms with Crippen molar-refractivity contribution in [2.45, 2.75) is 70.9 Å². The summed E-state index contributed by atoms with van der Waals surface area (Å²) in [5.41, 5.74) is 8.46. The Morgan fingerprint density at radius 2 is 1.04 bits per heavy atom. The van der Waals surface area contributed by atoms with Gasteiger partial charge in [0, 0.05) is 34.2 Å². The Hall–Kier alpha value is -5.43. The number of rotatable bonds is 4. The number of carbonyl (C=O) groups is 1. The summed E-state index contributed by atoms with van der Waals surface area (Å²) >= 11 is 0. The van der Waals surface area contributed by atoms with E-state index in [-0.39, 0.29) is 5.78 Å². The van der Waals surface area contributed by atoms with Crippen molar-refractivity contribution in [3.8, 4) is 11.5 Å². The first-order chi connectivity index (χ1) is 25.4. The van der Waals surface area contributed by atoms with Gasteiger partial charge in [-0.1, -0.05) is 121 Å². The van der Waals surface area contributed by atoms with Crippen LogP contribution in [0.5, 0.6) is 11.5 Å². The Morgan fingerprint density at radius 3 is 1.62 bits per heavy atom. The summed E-state index contributed by atoms with van der Waals surface area (Å²) in [5.74, 6) is 2.11. The van der Waals surface area contributed by atoms with Crippen LogP contribution in [0.25, 0.3) is 0 Å². The van der Waals surface area contributed by atoms with Crippen LogP contribution in [0.4, 0.5) is 0 Å². The maximum Gasteiger partial charge on any atom is 0.227 e. The lowest BCUT2D eigenvalue weighted by molar-refractivity contribution is -0.178. The van der Waals surface area contributed by atoms with E-state index in [1.54, 1.807) is 0 Å². The molecular formula is C46H40O6. The number of ether oxygens (including phenoxy) is 5. The van der Waals surface area contributed by atoms with E-state index in [4.69, 9.17) is 23.7 Å². The summed E-state index contributed by atoms with van der Waals surface area (Å²) in [4.78, 5) is 14.9. The molecule has 9 rings (SSSR count). The highest BCUT2D eigenvalue weighted by molar-refractivity contribution is 6.07. The topological polar surface area (TPSA) is 63.2 Å². The minimum absolute atomic E-state index is 0.0632. The molecule has 3 aliphatic heterocycles. The molecule has 6 nitrogen and oxygen atoms in total. The largest absolute Gasteiger partial charge is 0.474 e. The highest BCUT2D eigenvalue weighted by Gasteiger charge is 2.57. The van der Waals surface area contributed by atoms with E-state index in [1.165, 1.54) is 0 Å². The zero-order valence-corrected chi connectivity index (χ0v) is 29.7. The fraction of sp³-hybridized carbons (Fsp3) is 0.239. The van der Waals surface area contributed by atoms with Gasteiger partial charge in [-0.2, -0.15) is 0 Å². The Kier molecular flexibility index (Phi) is 7.90. The van der Waals surface area contributed by atoms with Gasteiger partial charge in [-0.15, -0.1) is 0 Å². The number of allylic oxidation sites excluding steroid dienone is 1. The Balaban J connectivity index is 1.22. The second-order valence-electron chi connectivity index (χ2n) is 14.1. The van der Waals surface area contributed by atoms with E-state index in [0.29, 0.717) is 29.9 Å². The van der Waals surface area contributed by atoms with Crippen LogP contribution in [0.3, 0.4) is 0 Å². The Bertz CT molecular complexity index is 2240. The Morgan fingerprint density at radius 1 is 0.558 bits per heavy atom. The number of hydrogen-bond acceptors (Lipinski definition) is 6. The zero-order valence-electron chi connectivity index (χ0n) is 29.7. The molecule has 0 fully saturated rings. The third kappa shape index (κ3) is 5.04. The fourth-order valence-electron chi connectivity index (χ4n) is 8.27. The molecule has 6 heteroatoms. The van der Waals surface area contributed by atoms with Crippen LogP contribution in [-0.4, -0.2) is 11.4 Å². The smallest absolute Gasteiger partial charge is 0.227 e. The molecule has 0 unspecified atom stereocenters. The molecule has 4 aliphatic rings. The van der Waals surface area contributed by atoms with Crippen LogP contribution in [0.2, 0.25) is 0 Å². The van der Waals surface area contributed by atoms with Crippen LogP contribution < -0.4 is 9.47 Å². The Labute approximate surface area is 304 Å². The van der Waals surface area contributed by atoms with Gasteiger partial charge >= 0.3 is 0 Å². The van der Waals surface area contributed by atoms with Crippen LogP contribution in [0, 0.1) is 13.8 Å². The zero-order chi connectivity index (χ0) is 35.6. The number of hydrogen-bond donors (Lipinski definition) is 0. The first kappa shape index (κ1) is 32.5. The van der Waals surface area contributed by atoms with Crippen molar-refractivity contribution in [1.82, 2.24) is 0 Å². The summed E-state index contributed by atoms with van der Waals surface area (Å²) in [6.07, 6.45) is -1.29. The van der Waals surface area contributed by atoms with Gasteiger partial charge in [0.2, 0.25) is 18.4 Å². The molecule has 3 heterocycles. The van der Waals surface area contributed by atoms with E-state index >= 15 is 0 Å². The average molecular weight is 689 g/mol. The van der Waals surface area contributed by atoms with Crippen molar-refractivity contribution >= 4 is 5.78 Å². The SMILES string of the molecule is CC1=C(C)C2=C([C@@H](c3ccccc3)O[C@H](c3ccccc3)O2)[C@]2(CCc3c(c(C)c(C)c4c3[C@@H](c3ccccc3)O[C@H](c3ccccc3)O4)O2)C1=O. The average Bonchev–Trinajstić information content (AvgIpc) is 3.21. The molecule has 260 valence electrons. The minimum Gasteiger partial charge on any atom is -0.474 e. The third-order valence-electron chi connectivity index (χ3n) is 11.2. The predicted octanol–water partition coefficient (Wildman–Crippen LogP) is 10.2. The lowest BCUT2D eigenvalue weighted by atomic mass is 9.69. The van der Waals surface area contributed by atoms with Crippen LogP contribution in [-0.2, 0) is 25.4 Å². The van der Waals surface area contributed by atoms with Gasteiger partial charge < -0.3 is 23.7 Å². The molecule has 1 spiro atoms.